The summed E-state index contributed by atoms with van der Waals surface area (Å²) in [6.07, 6.45) is 0. The summed E-state index contributed by atoms with van der Waals surface area (Å²) in [6, 6.07) is 9.87. The van der Waals surface area contributed by atoms with Crippen LogP contribution >= 0.6 is 0 Å². The molecule has 1 rings (SSSR count). The van der Waals surface area contributed by atoms with Gasteiger partial charge in [0.1, 0.15) is 0 Å². The Morgan fingerprint density at radius 3 is 1.64 bits per heavy atom. The quantitative estimate of drug-likeness (QED) is 0.653. The van der Waals surface area contributed by atoms with Crippen LogP contribution in [0.3, 0.4) is 0 Å². The van der Waals surface area contributed by atoms with Gasteiger partial charge in [-0.3, -0.25) is 0 Å². The molecule has 66 valence electrons. The van der Waals surface area contributed by atoms with Crippen molar-refractivity contribution in [2.75, 3.05) is 14.1 Å². The van der Waals surface area contributed by atoms with E-state index in [0.717, 1.165) is 5.56 Å². The Morgan fingerprint density at radius 1 is 1.09 bits per heavy atom. The van der Waals surface area contributed by atoms with Gasteiger partial charge in [0.2, 0.25) is 0 Å². The molecular formula is C9H13DyN-2. The number of benzene rings is 1. The molecule has 0 aliphatic heterocycles. The average molecular weight is 298 g/mol. The van der Waals surface area contributed by atoms with Crippen molar-refractivity contribution in [2.24, 2.45) is 0 Å². The predicted octanol–water partition coefficient (Wildman–Crippen LogP) is 2.49. The number of nitrogens with zero attached hydrogens (tertiary/aromatic N) is 1. The summed E-state index contributed by atoms with van der Waals surface area (Å²) in [5.41, 5.74) is 1.07. The topological polar surface area (TPSA) is 14.1 Å². The first-order valence-corrected chi connectivity index (χ1v) is 3.16. The summed E-state index contributed by atoms with van der Waals surface area (Å²) in [7, 11) is 3.50. The largest absolute Gasteiger partial charge is 0.668 e. The van der Waals surface area contributed by atoms with E-state index in [0.29, 0.717) is 0 Å². The normalized spacial score (nSPS) is 7.09. The Labute approximate surface area is 99.6 Å². The van der Waals surface area contributed by atoms with E-state index in [9.17, 15) is 0 Å². The van der Waals surface area contributed by atoms with Gasteiger partial charge in [0.15, 0.2) is 0 Å². The van der Waals surface area contributed by atoms with E-state index >= 15 is 0 Å². The van der Waals surface area contributed by atoms with E-state index in [-0.39, 0.29) is 38.2 Å². The molecule has 11 heavy (non-hydrogen) atoms. The second kappa shape index (κ2) is 10.3. The zero-order valence-corrected chi connectivity index (χ0v) is 8.89. The van der Waals surface area contributed by atoms with Crippen molar-refractivity contribution in [3.05, 3.63) is 48.1 Å². The zero-order valence-electron chi connectivity index (χ0n) is 6.86. The molecule has 0 amide bonds. The summed E-state index contributed by atoms with van der Waals surface area (Å²) in [6.45, 7) is 3.72. The maximum absolute atomic E-state index is 3.72. The molecule has 0 N–H and O–H groups in total. The molecule has 2 heteroatoms. The molecule has 1 nitrogen and oxygen atoms in total. The Morgan fingerprint density at radius 2 is 1.45 bits per heavy atom. The van der Waals surface area contributed by atoms with Crippen LogP contribution in [-0.4, -0.2) is 14.1 Å². The Hall–Kier alpha value is 0.323. The summed E-state index contributed by atoms with van der Waals surface area (Å²) in [5, 5.41) is 3.50. The monoisotopic (exact) mass is 299 g/mol. The van der Waals surface area contributed by atoms with Gasteiger partial charge in [-0.25, -0.2) is 0 Å². The third-order valence-electron chi connectivity index (χ3n) is 0.843. The van der Waals surface area contributed by atoms with Crippen LogP contribution in [0.15, 0.2) is 30.3 Å². The third-order valence-corrected chi connectivity index (χ3v) is 0.843. The predicted molar refractivity (Wildman–Crippen MR) is 46.1 cm³/mol. The first-order valence-electron chi connectivity index (χ1n) is 3.16. The first-order chi connectivity index (χ1) is 4.81. The second-order valence-corrected chi connectivity index (χ2v) is 1.93. The Balaban J connectivity index is 0. The molecule has 0 unspecified atom stereocenters. The Kier molecular flexibility index (Phi) is 13.0. The SMILES string of the molecule is C[N-]C.[CH2-]c1ccccc1.[Dy]. The van der Waals surface area contributed by atoms with Gasteiger partial charge in [0.05, 0.1) is 0 Å². The van der Waals surface area contributed by atoms with Crippen molar-refractivity contribution in [1.82, 2.24) is 0 Å². The minimum Gasteiger partial charge on any atom is -0.668 e. The van der Waals surface area contributed by atoms with Gasteiger partial charge in [-0.2, -0.15) is 38.7 Å². The molecule has 0 saturated carbocycles. The fourth-order valence-corrected chi connectivity index (χ4v) is 0.478. The molecule has 0 aromatic heterocycles. The van der Waals surface area contributed by atoms with Crippen LogP contribution in [0, 0.1) is 45.1 Å². The first kappa shape index (κ1) is 13.9. The van der Waals surface area contributed by atoms with Gasteiger partial charge >= 0.3 is 0 Å². The molecule has 0 radical (unpaired) electrons. The van der Waals surface area contributed by atoms with Crippen molar-refractivity contribution < 1.29 is 38.2 Å². The second-order valence-electron chi connectivity index (χ2n) is 1.93. The van der Waals surface area contributed by atoms with Crippen molar-refractivity contribution in [1.29, 1.82) is 0 Å². The van der Waals surface area contributed by atoms with Crippen molar-refractivity contribution in [2.45, 2.75) is 0 Å². The van der Waals surface area contributed by atoms with Crippen molar-refractivity contribution in [3.63, 3.8) is 0 Å². The van der Waals surface area contributed by atoms with Gasteiger partial charge in [0.25, 0.3) is 0 Å². The van der Waals surface area contributed by atoms with Gasteiger partial charge < -0.3 is 5.32 Å². The van der Waals surface area contributed by atoms with Crippen LogP contribution in [-0.2, 0) is 0 Å². The van der Waals surface area contributed by atoms with Crippen LogP contribution in [0.5, 0.6) is 0 Å². The minimum absolute atomic E-state index is 0. The van der Waals surface area contributed by atoms with Crippen molar-refractivity contribution >= 4 is 0 Å². The molecule has 0 atom stereocenters. The van der Waals surface area contributed by atoms with Crippen LogP contribution in [0.2, 0.25) is 0 Å². The molecular weight excluding hydrogens is 285 g/mol. The third kappa shape index (κ3) is 10.3. The smallest absolute Gasteiger partial charge is 0 e. The van der Waals surface area contributed by atoms with E-state index in [1.165, 1.54) is 0 Å². The summed E-state index contributed by atoms with van der Waals surface area (Å²) >= 11 is 0. The molecule has 0 aliphatic rings. The van der Waals surface area contributed by atoms with Gasteiger partial charge in [-0.15, -0.1) is 12.1 Å². The summed E-state index contributed by atoms with van der Waals surface area (Å²) in [5.74, 6) is 0. The molecule has 0 spiro atoms. The maximum Gasteiger partial charge on any atom is 0 e. The molecule has 1 aromatic carbocycles. The average Bonchev–Trinajstić information content (AvgIpc) is 1.91. The molecule has 0 aliphatic carbocycles. The minimum atomic E-state index is 0. The molecule has 0 heterocycles. The fraction of sp³-hybridized carbons (Fsp3) is 0.222. The fourth-order valence-electron chi connectivity index (χ4n) is 0.478. The van der Waals surface area contributed by atoms with Crippen LogP contribution < -0.4 is 0 Å². The van der Waals surface area contributed by atoms with Crippen LogP contribution in [0.25, 0.3) is 5.32 Å². The maximum atomic E-state index is 3.72. The molecule has 0 bridgehead atoms. The van der Waals surface area contributed by atoms with E-state index in [4.69, 9.17) is 0 Å². The van der Waals surface area contributed by atoms with Crippen LogP contribution in [0.1, 0.15) is 5.56 Å². The van der Waals surface area contributed by atoms with E-state index < -0.39 is 0 Å². The molecule has 0 saturated heterocycles. The van der Waals surface area contributed by atoms with Gasteiger partial charge in [0, 0.05) is 38.2 Å². The van der Waals surface area contributed by atoms with E-state index in [1.807, 2.05) is 30.3 Å². The standard InChI is InChI=1S/C7H7.C2H6N.Dy/c1-7-5-3-2-4-6-7;1-3-2;/h2-6H,1H2;1-2H3;/q2*-1;. The van der Waals surface area contributed by atoms with E-state index in [1.54, 1.807) is 14.1 Å². The van der Waals surface area contributed by atoms with Gasteiger partial charge in [-0.1, -0.05) is 6.07 Å². The number of rotatable bonds is 0. The summed E-state index contributed by atoms with van der Waals surface area (Å²) < 4.78 is 0. The van der Waals surface area contributed by atoms with Gasteiger partial charge in [-0.05, 0) is 0 Å². The molecule has 0 fully saturated rings. The Bertz CT molecular complexity index is 151. The summed E-state index contributed by atoms with van der Waals surface area (Å²) in [4.78, 5) is 0. The zero-order chi connectivity index (χ0) is 7.82. The van der Waals surface area contributed by atoms with Crippen molar-refractivity contribution in [3.8, 4) is 0 Å². The number of hydrogen-bond donors (Lipinski definition) is 0. The molecule has 1 aromatic rings. The van der Waals surface area contributed by atoms with Crippen LogP contribution in [0.4, 0.5) is 0 Å². The number of hydrogen-bond acceptors (Lipinski definition) is 0. The van der Waals surface area contributed by atoms with E-state index in [2.05, 4.69) is 12.2 Å².